The van der Waals surface area contributed by atoms with Gasteiger partial charge in [-0.15, -0.1) is 0 Å². The van der Waals surface area contributed by atoms with Crippen molar-refractivity contribution >= 4 is 17.9 Å². The third-order valence-corrected chi connectivity index (χ3v) is 4.65. The number of amides is 3. The zero-order valence-corrected chi connectivity index (χ0v) is 15.8. The first-order valence-electron chi connectivity index (χ1n) is 9.16. The average Bonchev–Trinajstić information content (AvgIpc) is 3.06. The summed E-state index contributed by atoms with van der Waals surface area (Å²) in [5, 5.41) is 11.7. The molecule has 8 heteroatoms. The Morgan fingerprint density at radius 3 is 2.38 bits per heavy atom. The highest BCUT2D eigenvalue weighted by molar-refractivity contribution is 5.86. The molecule has 2 heterocycles. The van der Waals surface area contributed by atoms with Crippen LogP contribution in [-0.4, -0.2) is 65.5 Å². The number of nitrogens with one attached hydrogen (secondary N) is 1. The first-order chi connectivity index (χ1) is 12.2. The van der Waals surface area contributed by atoms with Crippen LogP contribution in [0.2, 0.25) is 0 Å². The number of carbonyl (C=O) groups excluding carboxylic acids is 3. The molecule has 2 aliphatic heterocycles. The Bertz CT molecular complexity index is 585. The van der Waals surface area contributed by atoms with Gasteiger partial charge in [-0.3, -0.25) is 9.59 Å². The van der Waals surface area contributed by atoms with Gasteiger partial charge >= 0.3 is 6.09 Å². The third-order valence-electron chi connectivity index (χ3n) is 4.65. The predicted molar refractivity (Wildman–Crippen MR) is 93.9 cm³/mol. The minimum absolute atomic E-state index is 0.0801. The Balaban J connectivity index is 1.74. The van der Waals surface area contributed by atoms with Crippen molar-refractivity contribution in [2.24, 2.45) is 5.92 Å². The van der Waals surface area contributed by atoms with Crippen LogP contribution in [0.5, 0.6) is 0 Å². The van der Waals surface area contributed by atoms with Crippen molar-refractivity contribution in [3.8, 4) is 6.07 Å². The lowest BCUT2D eigenvalue weighted by Gasteiger charge is -2.33. The van der Waals surface area contributed by atoms with E-state index >= 15 is 0 Å². The molecular weight excluding hydrogens is 336 g/mol. The second-order valence-electron chi connectivity index (χ2n) is 7.83. The number of likely N-dealkylation sites (tertiary alicyclic amines) is 2. The van der Waals surface area contributed by atoms with Crippen molar-refractivity contribution in [1.82, 2.24) is 15.1 Å². The minimum Gasteiger partial charge on any atom is -0.444 e. The molecule has 26 heavy (non-hydrogen) atoms. The minimum atomic E-state index is -0.539. The van der Waals surface area contributed by atoms with Gasteiger partial charge in [0.15, 0.2) is 0 Å². The molecule has 0 aliphatic carbocycles. The summed E-state index contributed by atoms with van der Waals surface area (Å²) in [7, 11) is 0. The second-order valence-corrected chi connectivity index (χ2v) is 7.83. The Morgan fingerprint density at radius 2 is 1.81 bits per heavy atom. The molecular formula is C18H28N4O4. The molecule has 3 amide bonds. The molecule has 2 saturated heterocycles. The standard InChI is InChI=1S/C18H28N4O4/c1-18(2,3)26-17(25)21-9-6-13(7-10-21)16(24)20-12-15(23)22-8-4-5-14(22)11-19/h13-14H,4-10,12H2,1-3H3,(H,20,24)/t14-/m0/s1. The fraction of sp³-hybridized carbons (Fsp3) is 0.778. The number of hydrogen-bond acceptors (Lipinski definition) is 5. The normalized spacial score (nSPS) is 21.2. The lowest BCUT2D eigenvalue weighted by molar-refractivity contribution is -0.134. The smallest absolute Gasteiger partial charge is 0.410 e. The fourth-order valence-electron chi connectivity index (χ4n) is 3.26. The molecule has 144 valence electrons. The van der Waals surface area contributed by atoms with Crippen LogP contribution in [0.15, 0.2) is 0 Å². The molecule has 1 N–H and O–H groups in total. The Kier molecular flexibility index (Phi) is 6.46. The summed E-state index contributed by atoms with van der Waals surface area (Å²) in [5.74, 6) is -0.602. The predicted octanol–water partition coefficient (Wildman–Crippen LogP) is 1.26. The molecule has 0 radical (unpaired) electrons. The summed E-state index contributed by atoms with van der Waals surface area (Å²) in [4.78, 5) is 39.6. The van der Waals surface area contributed by atoms with Gasteiger partial charge in [-0.1, -0.05) is 0 Å². The first-order valence-corrected chi connectivity index (χ1v) is 9.16. The molecule has 8 nitrogen and oxygen atoms in total. The van der Waals surface area contributed by atoms with Crippen molar-refractivity contribution < 1.29 is 19.1 Å². The van der Waals surface area contributed by atoms with Gasteiger partial charge in [0.25, 0.3) is 0 Å². The van der Waals surface area contributed by atoms with E-state index in [2.05, 4.69) is 11.4 Å². The molecule has 2 rings (SSSR count). The highest BCUT2D eigenvalue weighted by Crippen LogP contribution is 2.20. The van der Waals surface area contributed by atoms with Gasteiger partial charge < -0.3 is 19.9 Å². The number of hydrogen-bond donors (Lipinski definition) is 1. The third kappa shape index (κ3) is 5.35. The number of piperidine rings is 1. The average molecular weight is 364 g/mol. The zero-order valence-electron chi connectivity index (χ0n) is 15.8. The molecule has 2 aliphatic rings. The van der Waals surface area contributed by atoms with Crippen LogP contribution >= 0.6 is 0 Å². The summed E-state index contributed by atoms with van der Waals surface area (Å²) in [5.41, 5.74) is -0.539. The van der Waals surface area contributed by atoms with Crippen molar-refractivity contribution in [3.05, 3.63) is 0 Å². The largest absolute Gasteiger partial charge is 0.444 e. The van der Waals surface area contributed by atoms with Crippen molar-refractivity contribution in [2.75, 3.05) is 26.2 Å². The Hall–Kier alpha value is -2.30. The molecule has 2 fully saturated rings. The Morgan fingerprint density at radius 1 is 1.15 bits per heavy atom. The van der Waals surface area contributed by atoms with Crippen molar-refractivity contribution in [3.63, 3.8) is 0 Å². The number of nitrogens with zero attached hydrogens (tertiary/aromatic N) is 3. The number of nitriles is 1. The van der Waals surface area contributed by atoms with E-state index in [-0.39, 0.29) is 36.4 Å². The van der Waals surface area contributed by atoms with E-state index in [1.165, 1.54) is 4.90 Å². The molecule has 0 unspecified atom stereocenters. The van der Waals surface area contributed by atoms with E-state index in [1.807, 2.05) is 20.8 Å². The maximum absolute atomic E-state index is 12.3. The van der Waals surface area contributed by atoms with Gasteiger partial charge in [-0.25, -0.2) is 4.79 Å². The lowest BCUT2D eigenvalue weighted by atomic mass is 9.96. The molecule has 0 aromatic heterocycles. The Labute approximate surface area is 154 Å². The van der Waals surface area contributed by atoms with Gasteiger partial charge in [-0.2, -0.15) is 5.26 Å². The van der Waals surface area contributed by atoms with Crippen LogP contribution in [0.4, 0.5) is 4.79 Å². The summed E-state index contributed by atoms with van der Waals surface area (Å²) in [6, 6.07) is 1.74. The van der Waals surface area contributed by atoms with E-state index in [0.717, 1.165) is 6.42 Å². The molecule has 0 spiro atoms. The SMILES string of the molecule is CC(C)(C)OC(=O)N1CCC(C(=O)NCC(=O)N2CCC[C@H]2C#N)CC1. The first kappa shape index (κ1) is 20.0. The van der Waals surface area contributed by atoms with Gasteiger partial charge in [0.2, 0.25) is 11.8 Å². The molecule has 0 saturated carbocycles. The van der Waals surface area contributed by atoms with Gasteiger partial charge in [0.05, 0.1) is 12.6 Å². The quantitative estimate of drug-likeness (QED) is 0.812. The molecule has 1 atom stereocenters. The van der Waals surface area contributed by atoms with Crippen LogP contribution in [0.1, 0.15) is 46.5 Å². The molecule has 0 aromatic rings. The summed E-state index contributed by atoms with van der Waals surface area (Å²) in [6.45, 7) is 6.87. The summed E-state index contributed by atoms with van der Waals surface area (Å²) >= 11 is 0. The van der Waals surface area contributed by atoms with Gasteiger partial charge in [0.1, 0.15) is 11.6 Å². The van der Waals surface area contributed by atoms with Crippen LogP contribution in [0.25, 0.3) is 0 Å². The van der Waals surface area contributed by atoms with Crippen LogP contribution in [0, 0.1) is 17.2 Å². The van der Waals surface area contributed by atoms with Crippen LogP contribution in [-0.2, 0) is 14.3 Å². The summed E-state index contributed by atoms with van der Waals surface area (Å²) < 4.78 is 5.34. The van der Waals surface area contributed by atoms with Crippen molar-refractivity contribution in [1.29, 1.82) is 5.26 Å². The maximum atomic E-state index is 12.3. The van der Waals surface area contributed by atoms with Crippen LogP contribution in [0.3, 0.4) is 0 Å². The molecule has 0 aromatic carbocycles. The van der Waals surface area contributed by atoms with E-state index in [1.54, 1.807) is 4.90 Å². The highest BCUT2D eigenvalue weighted by atomic mass is 16.6. The van der Waals surface area contributed by atoms with E-state index in [4.69, 9.17) is 10.00 Å². The zero-order chi connectivity index (χ0) is 19.3. The van der Waals surface area contributed by atoms with Gasteiger partial charge in [-0.05, 0) is 46.5 Å². The monoisotopic (exact) mass is 364 g/mol. The fourth-order valence-corrected chi connectivity index (χ4v) is 3.26. The van der Waals surface area contributed by atoms with E-state index in [9.17, 15) is 14.4 Å². The van der Waals surface area contributed by atoms with E-state index < -0.39 is 5.60 Å². The number of carbonyl (C=O) groups is 3. The topological polar surface area (TPSA) is 103 Å². The van der Waals surface area contributed by atoms with Crippen LogP contribution < -0.4 is 5.32 Å². The summed E-state index contributed by atoms with van der Waals surface area (Å²) in [6.07, 6.45) is 2.25. The molecule has 0 bridgehead atoms. The van der Waals surface area contributed by atoms with Gasteiger partial charge in [0, 0.05) is 25.6 Å². The van der Waals surface area contributed by atoms with Crippen molar-refractivity contribution in [2.45, 2.75) is 58.1 Å². The maximum Gasteiger partial charge on any atom is 0.410 e. The lowest BCUT2D eigenvalue weighted by Crippen LogP contribution is -2.47. The second kappa shape index (κ2) is 8.39. The highest BCUT2D eigenvalue weighted by Gasteiger charge is 2.31. The van der Waals surface area contributed by atoms with E-state index in [0.29, 0.717) is 38.9 Å². The number of ether oxygens (including phenoxy) is 1. The number of rotatable bonds is 3.